The Morgan fingerprint density at radius 2 is 0.923 bits per heavy atom. The summed E-state index contributed by atoms with van der Waals surface area (Å²) in [5.41, 5.74) is 1.98. The highest BCUT2D eigenvalue weighted by Gasteiger charge is 2.35. The van der Waals surface area contributed by atoms with Crippen molar-refractivity contribution in [2.45, 2.75) is 23.2 Å². The molecular formula is C36H28O3. The van der Waals surface area contributed by atoms with E-state index in [0.29, 0.717) is 12.0 Å². The van der Waals surface area contributed by atoms with Gasteiger partial charge in [-0.05, 0) is 35.5 Å². The number of allylic oxidation sites excluding steroid dienone is 1. The third kappa shape index (κ3) is 5.75. The topological polar surface area (TPSA) is 27.7 Å². The second kappa shape index (κ2) is 12.2. The number of ether oxygens (including phenoxy) is 3. The summed E-state index contributed by atoms with van der Waals surface area (Å²) in [6, 6.07) is 28.9. The maximum Gasteiger partial charge on any atom is 0.216 e. The predicted molar refractivity (Wildman–Crippen MR) is 154 cm³/mol. The van der Waals surface area contributed by atoms with Crippen molar-refractivity contribution in [1.82, 2.24) is 0 Å². The van der Waals surface area contributed by atoms with Gasteiger partial charge in [0.25, 0.3) is 0 Å². The summed E-state index contributed by atoms with van der Waals surface area (Å²) in [4.78, 5) is 0. The predicted octanol–water partition coefficient (Wildman–Crippen LogP) is 5.74. The molecule has 3 aromatic carbocycles. The van der Waals surface area contributed by atoms with Crippen molar-refractivity contribution in [1.29, 1.82) is 0 Å². The molecule has 190 valence electrons. The highest BCUT2D eigenvalue weighted by molar-refractivity contribution is 5.53. The van der Waals surface area contributed by atoms with E-state index in [4.69, 9.17) is 14.2 Å². The molecule has 4 rings (SSSR count). The Balaban J connectivity index is 2.09. The van der Waals surface area contributed by atoms with Crippen LogP contribution in [0.3, 0.4) is 0 Å². The molecule has 0 aliphatic heterocycles. The zero-order valence-electron chi connectivity index (χ0n) is 22.3. The maximum absolute atomic E-state index is 6.11. The lowest BCUT2D eigenvalue weighted by Crippen LogP contribution is -2.30. The zero-order chi connectivity index (χ0) is 27.6. The molecule has 0 saturated carbocycles. The first-order valence-corrected chi connectivity index (χ1v) is 12.4. The molecule has 0 heterocycles. The van der Waals surface area contributed by atoms with E-state index in [1.165, 1.54) is 0 Å². The van der Waals surface area contributed by atoms with Gasteiger partial charge in [0.15, 0.2) is 0 Å². The summed E-state index contributed by atoms with van der Waals surface area (Å²) in [5, 5.41) is 0. The molecule has 39 heavy (non-hydrogen) atoms. The Labute approximate surface area is 231 Å². The summed E-state index contributed by atoms with van der Waals surface area (Å²) >= 11 is 0. The SMILES string of the molecule is C=C=C1C#CC(OC)(c2ccccc2)C#CC(OC)(c2ccccc2)C#CC(OC)(c2ccccc2)C#CC1. The molecule has 0 radical (unpaired) electrons. The van der Waals surface area contributed by atoms with Crippen molar-refractivity contribution in [3.8, 4) is 47.4 Å². The van der Waals surface area contributed by atoms with E-state index >= 15 is 0 Å². The zero-order valence-corrected chi connectivity index (χ0v) is 22.3. The Kier molecular flexibility index (Phi) is 8.57. The molecule has 0 fully saturated rings. The Bertz CT molecular complexity index is 1610. The van der Waals surface area contributed by atoms with Crippen LogP contribution in [0.5, 0.6) is 0 Å². The van der Waals surface area contributed by atoms with Gasteiger partial charge in [0.05, 0.1) is 5.57 Å². The molecule has 1 aliphatic rings. The molecule has 3 atom stereocenters. The standard InChI is InChI=1S/C36H28O3/c1-5-30-16-15-24-34(37-2,31-17-9-6-10-18-31)26-28-36(39-4,33-21-13-8-14-22-33)29-27-35(38-3,25-23-30)32-19-11-7-12-20-32/h6-14,17-22H,1,16H2,2-4H3. The molecule has 0 spiro atoms. The highest BCUT2D eigenvalue weighted by atomic mass is 16.5. The average Bonchev–Trinajstić information content (AvgIpc) is 3.03. The van der Waals surface area contributed by atoms with Crippen molar-refractivity contribution in [3.05, 3.63) is 126 Å². The minimum Gasteiger partial charge on any atom is -0.351 e. The minimum absolute atomic E-state index is 0.298. The van der Waals surface area contributed by atoms with Crippen molar-refractivity contribution in [2.75, 3.05) is 21.3 Å². The van der Waals surface area contributed by atoms with Gasteiger partial charge in [-0.15, -0.1) is 5.73 Å². The van der Waals surface area contributed by atoms with Crippen molar-refractivity contribution >= 4 is 0 Å². The van der Waals surface area contributed by atoms with Gasteiger partial charge < -0.3 is 14.2 Å². The number of benzene rings is 3. The van der Waals surface area contributed by atoms with Crippen LogP contribution in [-0.2, 0) is 31.0 Å². The monoisotopic (exact) mass is 508 g/mol. The van der Waals surface area contributed by atoms with Gasteiger partial charge in [-0.2, -0.15) is 0 Å². The molecule has 0 N–H and O–H groups in total. The van der Waals surface area contributed by atoms with Crippen LogP contribution in [0.25, 0.3) is 0 Å². The van der Waals surface area contributed by atoms with Gasteiger partial charge >= 0.3 is 0 Å². The van der Waals surface area contributed by atoms with Crippen LogP contribution in [0.2, 0.25) is 0 Å². The van der Waals surface area contributed by atoms with Gasteiger partial charge in [-0.25, -0.2) is 0 Å². The van der Waals surface area contributed by atoms with Crippen LogP contribution in [0.15, 0.2) is 109 Å². The maximum atomic E-state index is 6.11. The quantitative estimate of drug-likeness (QED) is 0.314. The van der Waals surface area contributed by atoms with Gasteiger partial charge in [0.2, 0.25) is 16.8 Å². The molecule has 1 aliphatic carbocycles. The molecule has 3 nitrogen and oxygen atoms in total. The largest absolute Gasteiger partial charge is 0.351 e. The average molecular weight is 509 g/mol. The number of hydrogen-bond donors (Lipinski definition) is 0. The van der Waals surface area contributed by atoms with Gasteiger partial charge in [0, 0.05) is 44.4 Å². The van der Waals surface area contributed by atoms with Crippen LogP contribution in [0.4, 0.5) is 0 Å². The molecule has 3 aromatic rings. The smallest absolute Gasteiger partial charge is 0.216 e. The van der Waals surface area contributed by atoms with E-state index in [9.17, 15) is 0 Å². The summed E-state index contributed by atoms with van der Waals surface area (Å²) in [5.74, 6) is 26.0. The van der Waals surface area contributed by atoms with Crippen LogP contribution in [0, 0.1) is 47.4 Å². The third-order valence-electron chi connectivity index (χ3n) is 6.42. The fourth-order valence-electron chi connectivity index (χ4n) is 4.13. The van der Waals surface area contributed by atoms with E-state index in [1.54, 1.807) is 21.3 Å². The lowest BCUT2D eigenvalue weighted by molar-refractivity contribution is 0.0762. The number of hydrogen-bond acceptors (Lipinski definition) is 3. The Morgan fingerprint density at radius 3 is 1.28 bits per heavy atom. The normalized spacial score (nSPS) is 23.7. The fourth-order valence-corrected chi connectivity index (χ4v) is 4.13. The van der Waals surface area contributed by atoms with E-state index in [1.807, 2.05) is 91.0 Å². The van der Waals surface area contributed by atoms with E-state index in [0.717, 1.165) is 16.7 Å². The fraction of sp³-hybridized carbons (Fsp3) is 0.194. The number of methoxy groups -OCH3 is 3. The lowest BCUT2D eigenvalue weighted by atomic mass is 9.88. The summed E-state index contributed by atoms with van der Waals surface area (Å²) in [6.07, 6.45) is 0.298. The summed E-state index contributed by atoms with van der Waals surface area (Å²) < 4.78 is 18.1. The molecule has 0 amide bonds. The number of rotatable bonds is 6. The molecule has 0 aromatic heterocycles. The minimum atomic E-state index is -1.34. The summed E-state index contributed by atoms with van der Waals surface area (Å²) in [6.45, 7) is 3.82. The first-order valence-electron chi connectivity index (χ1n) is 12.4. The van der Waals surface area contributed by atoms with Crippen molar-refractivity contribution < 1.29 is 14.2 Å². The van der Waals surface area contributed by atoms with Crippen LogP contribution in [-0.4, -0.2) is 21.3 Å². The first kappa shape index (κ1) is 27.3. The molecular weight excluding hydrogens is 480 g/mol. The van der Waals surface area contributed by atoms with Gasteiger partial charge in [-0.1, -0.05) is 109 Å². The highest BCUT2D eigenvalue weighted by Crippen LogP contribution is 2.30. The second-order valence-corrected chi connectivity index (χ2v) is 8.64. The van der Waals surface area contributed by atoms with E-state index in [2.05, 4.69) is 59.7 Å². The van der Waals surface area contributed by atoms with Gasteiger partial charge in [0.1, 0.15) is 0 Å². The molecule has 0 bridgehead atoms. The van der Waals surface area contributed by atoms with Crippen LogP contribution < -0.4 is 0 Å². The van der Waals surface area contributed by atoms with E-state index < -0.39 is 16.8 Å². The lowest BCUT2D eigenvalue weighted by Gasteiger charge is -2.26. The van der Waals surface area contributed by atoms with Crippen molar-refractivity contribution in [3.63, 3.8) is 0 Å². The Morgan fingerprint density at radius 1 is 0.564 bits per heavy atom. The van der Waals surface area contributed by atoms with Crippen LogP contribution in [0.1, 0.15) is 23.1 Å². The van der Waals surface area contributed by atoms with Crippen molar-refractivity contribution in [2.24, 2.45) is 0 Å². The summed E-state index contributed by atoms with van der Waals surface area (Å²) in [7, 11) is 4.75. The van der Waals surface area contributed by atoms with Crippen LogP contribution >= 0.6 is 0 Å². The third-order valence-corrected chi connectivity index (χ3v) is 6.42. The molecule has 0 saturated heterocycles. The molecule has 3 unspecified atom stereocenters. The second-order valence-electron chi connectivity index (χ2n) is 8.64. The van der Waals surface area contributed by atoms with E-state index in [-0.39, 0.29) is 0 Å². The molecule has 3 heteroatoms. The first-order chi connectivity index (χ1) is 19.1. The van der Waals surface area contributed by atoms with Gasteiger partial charge in [-0.3, -0.25) is 0 Å². The Hall–Kier alpha value is -4.70.